The third-order valence-corrected chi connectivity index (χ3v) is 11.3. The largest absolute Gasteiger partial charge is 0.272 e. The van der Waals surface area contributed by atoms with Gasteiger partial charge in [0.05, 0.1) is 21.3 Å². The lowest BCUT2D eigenvalue weighted by Gasteiger charge is -2.21. The molecule has 0 saturated carbocycles. The molecule has 45 heavy (non-hydrogen) atoms. The highest BCUT2D eigenvalue weighted by Gasteiger charge is 2.31. The molecule has 212 valence electrons. The number of rotatable bonds is 3. The zero-order valence-corrected chi connectivity index (χ0v) is 25.6. The van der Waals surface area contributed by atoms with Crippen molar-refractivity contribution in [2.45, 2.75) is 6.29 Å². The van der Waals surface area contributed by atoms with Gasteiger partial charge in [-0.1, -0.05) is 103 Å². The lowest BCUT2D eigenvalue weighted by atomic mass is 10.0. The van der Waals surface area contributed by atoms with Crippen LogP contribution >= 0.6 is 22.7 Å². The molecule has 6 aromatic carbocycles. The summed E-state index contributed by atoms with van der Waals surface area (Å²) in [5, 5.41) is 10.1. The fourth-order valence-electron chi connectivity index (χ4n) is 7.03. The molecule has 3 aromatic heterocycles. The summed E-state index contributed by atoms with van der Waals surface area (Å²) in [6.07, 6.45) is -0.286. The number of nitrogens with zero attached hydrogens (tertiary/aromatic N) is 3. The zero-order chi connectivity index (χ0) is 29.5. The molecule has 2 N–H and O–H groups in total. The molecule has 0 fully saturated rings. The normalized spacial score (nSPS) is 15.5. The van der Waals surface area contributed by atoms with E-state index in [9.17, 15) is 0 Å². The molecule has 1 unspecified atom stereocenters. The molecule has 6 heteroatoms. The number of para-hydroxylation sites is 1. The van der Waals surface area contributed by atoms with Crippen molar-refractivity contribution in [2.24, 2.45) is 9.98 Å². The van der Waals surface area contributed by atoms with Gasteiger partial charge in [0.15, 0.2) is 5.84 Å². The molecule has 0 amide bonds. The summed E-state index contributed by atoms with van der Waals surface area (Å²) in [6.45, 7) is 0. The van der Waals surface area contributed by atoms with Gasteiger partial charge in [-0.25, -0.2) is 0 Å². The first kappa shape index (κ1) is 25.2. The predicted molar refractivity (Wildman–Crippen MR) is 192 cm³/mol. The Bertz CT molecular complexity index is 2680. The van der Waals surface area contributed by atoms with Crippen LogP contribution in [0.25, 0.3) is 62.2 Å². The Morgan fingerprint density at radius 2 is 1.11 bits per heavy atom. The standard InChI is InChI=1S/C39H24N4S2/c1-3-13-23(14-4-1)37-40-38(24-15-5-2-6-16-24)42-39(41-37)43-28-20-10-7-17-25(28)31-32-26-18-8-11-21-29(26)44-35(32)33-27-19-9-12-22-30(27)45-36(33)34(31)43/h1-22,39H,(H,40,41,42)/p+1. The van der Waals surface area contributed by atoms with E-state index < -0.39 is 0 Å². The first-order valence-electron chi connectivity index (χ1n) is 15.1. The topological polar surface area (TPSA) is 46.3 Å². The molecule has 1 aliphatic heterocycles. The average molecular weight is 614 g/mol. The molecule has 0 bridgehead atoms. The molecule has 0 aliphatic carbocycles. The van der Waals surface area contributed by atoms with Gasteiger partial charge in [-0.3, -0.25) is 9.88 Å². The highest BCUT2D eigenvalue weighted by atomic mass is 32.1. The smallest absolute Gasteiger partial charge is 0.269 e. The van der Waals surface area contributed by atoms with Gasteiger partial charge in [0.25, 0.3) is 6.29 Å². The first-order chi connectivity index (χ1) is 22.3. The molecule has 0 saturated heterocycles. The predicted octanol–water partition coefficient (Wildman–Crippen LogP) is 9.46. The van der Waals surface area contributed by atoms with E-state index in [0.717, 1.165) is 22.8 Å². The molecular formula is C39H25N4S2+. The van der Waals surface area contributed by atoms with Crippen molar-refractivity contribution < 1.29 is 5.32 Å². The van der Waals surface area contributed by atoms with Crippen molar-refractivity contribution >= 4 is 96.5 Å². The van der Waals surface area contributed by atoms with E-state index >= 15 is 0 Å². The van der Waals surface area contributed by atoms with Crippen LogP contribution in [-0.2, 0) is 0 Å². The number of aliphatic imine (C=N–C) groups is 2. The van der Waals surface area contributed by atoms with Gasteiger partial charge in [0.2, 0.25) is 5.84 Å². The minimum Gasteiger partial charge on any atom is -0.269 e. The van der Waals surface area contributed by atoms with Crippen LogP contribution in [0.15, 0.2) is 143 Å². The third kappa shape index (κ3) is 3.68. The summed E-state index contributed by atoms with van der Waals surface area (Å²) < 4.78 is 7.79. The van der Waals surface area contributed by atoms with Crippen molar-refractivity contribution in [1.29, 1.82) is 0 Å². The van der Waals surface area contributed by atoms with Crippen LogP contribution in [0.1, 0.15) is 17.4 Å². The van der Waals surface area contributed by atoms with Crippen molar-refractivity contribution in [3.05, 3.63) is 145 Å². The van der Waals surface area contributed by atoms with E-state index in [-0.39, 0.29) is 6.29 Å². The maximum Gasteiger partial charge on any atom is 0.272 e. The molecule has 10 rings (SSSR count). The molecule has 1 atom stereocenters. The van der Waals surface area contributed by atoms with Gasteiger partial charge in [-0.05, 0) is 30.3 Å². The van der Waals surface area contributed by atoms with E-state index in [1.807, 2.05) is 28.7 Å². The number of hydrogen-bond acceptors (Lipinski definition) is 4. The number of thiophene rings is 2. The van der Waals surface area contributed by atoms with E-state index in [2.05, 4.69) is 137 Å². The fourth-order valence-corrected chi connectivity index (χ4v) is 9.63. The summed E-state index contributed by atoms with van der Waals surface area (Å²) in [4.78, 5) is 10.5. The minimum absolute atomic E-state index is 0.286. The molecule has 9 aromatic rings. The number of aromatic nitrogens is 1. The van der Waals surface area contributed by atoms with Crippen LogP contribution in [-0.4, -0.2) is 16.2 Å². The van der Waals surface area contributed by atoms with Crippen molar-refractivity contribution in [3.63, 3.8) is 0 Å². The van der Waals surface area contributed by atoms with Crippen LogP contribution in [0.3, 0.4) is 0 Å². The summed E-state index contributed by atoms with van der Waals surface area (Å²) in [5.74, 6) is 1.69. The molecule has 4 heterocycles. The average Bonchev–Trinajstić information content (AvgIpc) is 3.78. The second kappa shape index (κ2) is 9.68. The van der Waals surface area contributed by atoms with Gasteiger partial charge >= 0.3 is 0 Å². The van der Waals surface area contributed by atoms with Gasteiger partial charge in [-0.2, -0.15) is 9.98 Å². The van der Waals surface area contributed by atoms with Gasteiger partial charge in [0.1, 0.15) is 0 Å². The number of quaternary nitrogens is 1. The monoisotopic (exact) mass is 613 g/mol. The summed E-state index contributed by atoms with van der Waals surface area (Å²) >= 11 is 3.81. The maximum absolute atomic E-state index is 5.41. The molecule has 4 nitrogen and oxygen atoms in total. The summed E-state index contributed by atoms with van der Waals surface area (Å²) in [7, 11) is 0. The van der Waals surface area contributed by atoms with Crippen molar-refractivity contribution in [3.8, 4) is 0 Å². The Balaban J connectivity index is 1.38. The van der Waals surface area contributed by atoms with E-state index in [4.69, 9.17) is 9.98 Å². The minimum atomic E-state index is -0.286. The maximum atomic E-state index is 5.41. The second-order valence-corrected chi connectivity index (χ2v) is 13.6. The summed E-state index contributed by atoms with van der Waals surface area (Å²) in [5.41, 5.74) is 4.53. The SMILES string of the molecule is c1ccc(C2=NC(n3c4ccccc4c4c5c6ccccc6sc5c5c6ccccc6sc5c43)[NH2+]C(c3ccccc3)=N2)cc1. The number of amidine groups is 2. The number of benzene rings is 6. The van der Waals surface area contributed by atoms with Crippen molar-refractivity contribution in [1.82, 2.24) is 4.57 Å². The number of hydrogen-bond donors (Lipinski definition) is 1. The molecule has 0 radical (unpaired) electrons. The van der Waals surface area contributed by atoms with E-state index in [0.29, 0.717) is 0 Å². The van der Waals surface area contributed by atoms with Crippen LogP contribution in [0.5, 0.6) is 0 Å². The van der Waals surface area contributed by atoms with Crippen LogP contribution in [0, 0.1) is 0 Å². The lowest BCUT2D eigenvalue weighted by molar-refractivity contribution is -0.603. The summed E-state index contributed by atoms with van der Waals surface area (Å²) in [6, 6.07) is 47.5. The van der Waals surface area contributed by atoms with Crippen LogP contribution in [0.2, 0.25) is 0 Å². The number of nitrogens with two attached hydrogens (primary N) is 1. The molecule has 1 aliphatic rings. The Morgan fingerprint density at radius 3 is 1.84 bits per heavy atom. The third-order valence-electron chi connectivity index (χ3n) is 8.95. The number of fused-ring (bicyclic) bond motifs is 12. The van der Waals surface area contributed by atoms with Crippen LogP contribution < -0.4 is 5.32 Å². The van der Waals surface area contributed by atoms with Crippen molar-refractivity contribution in [2.75, 3.05) is 0 Å². The molecule has 0 spiro atoms. The Labute approximate surface area is 266 Å². The van der Waals surface area contributed by atoms with E-state index in [1.54, 1.807) is 0 Å². The van der Waals surface area contributed by atoms with E-state index in [1.165, 1.54) is 62.2 Å². The quantitative estimate of drug-likeness (QED) is 0.206. The Morgan fingerprint density at radius 1 is 0.533 bits per heavy atom. The van der Waals surface area contributed by atoms with Gasteiger partial charge in [-0.15, -0.1) is 22.7 Å². The highest BCUT2D eigenvalue weighted by Crippen LogP contribution is 2.51. The zero-order valence-electron chi connectivity index (χ0n) is 24.0. The fraction of sp³-hybridized carbons (Fsp3) is 0.0256. The van der Waals surface area contributed by atoms with Gasteiger partial charge in [0, 0.05) is 52.0 Å². The second-order valence-electron chi connectivity index (χ2n) is 11.5. The highest BCUT2D eigenvalue weighted by molar-refractivity contribution is 7.30. The van der Waals surface area contributed by atoms with Gasteiger partial charge < -0.3 is 0 Å². The Kier molecular flexibility index (Phi) is 5.42. The molecular weight excluding hydrogens is 589 g/mol. The Hall–Kier alpha value is -5.14. The first-order valence-corrected chi connectivity index (χ1v) is 16.8. The lowest BCUT2D eigenvalue weighted by Crippen LogP contribution is -2.91. The van der Waals surface area contributed by atoms with Crippen LogP contribution in [0.4, 0.5) is 0 Å².